The highest BCUT2D eigenvalue weighted by molar-refractivity contribution is 5.54. The monoisotopic (exact) mass is 298 g/mol. The van der Waals surface area contributed by atoms with E-state index in [-0.39, 0.29) is 6.04 Å². The predicted molar refractivity (Wildman–Crippen MR) is 72.4 cm³/mol. The van der Waals surface area contributed by atoms with Crippen molar-refractivity contribution in [3.05, 3.63) is 59.2 Å². The van der Waals surface area contributed by atoms with E-state index in [1.807, 2.05) is 0 Å². The summed E-state index contributed by atoms with van der Waals surface area (Å²) in [6.07, 6.45) is -1.84. The molecule has 2 aromatic rings. The zero-order valence-electron chi connectivity index (χ0n) is 11.5. The highest BCUT2D eigenvalue weighted by Gasteiger charge is 2.30. The Bertz CT molecular complexity index is 638. The molecule has 0 radical (unpaired) electrons. The summed E-state index contributed by atoms with van der Waals surface area (Å²) in [5, 5.41) is 2.96. The van der Waals surface area contributed by atoms with E-state index in [4.69, 9.17) is 0 Å². The number of nitrogens with zero attached hydrogens (tertiary/aromatic N) is 1. The molecule has 0 aliphatic heterocycles. The molecule has 0 bridgehead atoms. The van der Waals surface area contributed by atoms with E-state index >= 15 is 0 Å². The van der Waals surface area contributed by atoms with Crippen molar-refractivity contribution in [3.8, 4) is 0 Å². The molecule has 0 spiro atoms. The first-order valence-electron chi connectivity index (χ1n) is 6.32. The summed E-state index contributed by atoms with van der Waals surface area (Å²) in [5.41, 5.74) is 0.882. The first-order chi connectivity index (χ1) is 9.77. The van der Waals surface area contributed by atoms with Gasteiger partial charge >= 0.3 is 6.18 Å². The zero-order chi connectivity index (χ0) is 15.6. The highest BCUT2D eigenvalue weighted by Crippen LogP contribution is 2.33. The van der Waals surface area contributed by atoms with Crippen LogP contribution in [0.1, 0.15) is 29.7 Å². The number of aryl methyl sites for hydroxylation is 1. The fourth-order valence-corrected chi connectivity index (χ4v) is 1.94. The summed E-state index contributed by atoms with van der Waals surface area (Å²) in [6, 6.07) is 4.43. The van der Waals surface area contributed by atoms with Crippen molar-refractivity contribution in [2.75, 3.05) is 5.32 Å². The average Bonchev–Trinajstić information content (AvgIpc) is 2.40. The topological polar surface area (TPSA) is 24.9 Å². The number of hydrogen-bond acceptors (Lipinski definition) is 2. The maximum Gasteiger partial charge on any atom is 0.416 e. The summed E-state index contributed by atoms with van der Waals surface area (Å²) in [7, 11) is 0. The Morgan fingerprint density at radius 2 is 1.86 bits per heavy atom. The Morgan fingerprint density at radius 3 is 2.48 bits per heavy atom. The van der Waals surface area contributed by atoms with Gasteiger partial charge in [-0.25, -0.2) is 4.39 Å². The summed E-state index contributed by atoms with van der Waals surface area (Å²) in [6.45, 7) is 3.44. The lowest BCUT2D eigenvalue weighted by Gasteiger charge is -2.18. The van der Waals surface area contributed by atoms with E-state index in [2.05, 4.69) is 10.3 Å². The van der Waals surface area contributed by atoms with Crippen molar-refractivity contribution in [1.29, 1.82) is 0 Å². The third-order valence-electron chi connectivity index (χ3n) is 3.16. The molecule has 1 unspecified atom stereocenters. The molecule has 0 saturated carbocycles. The summed E-state index contributed by atoms with van der Waals surface area (Å²) < 4.78 is 51.3. The number of anilines is 1. The number of alkyl halides is 3. The van der Waals surface area contributed by atoms with Crippen LogP contribution >= 0.6 is 0 Å². The molecule has 0 fully saturated rings. The van der Waals surface area contributed by atoms with Gasteiger partial charge in [0.05, 0.1) is 17.8 Å². The maximum absolute atomic E-state index is 13.1. The molecule has 1 aromatic carbocycles. The second-order valence-electron chi connectivity index (χ2n) is 4.83. The first-order valence-corrected chi connectivity index (χ1v) is 6.32. The third kappa shape index (κ3) is 3.71. The van der Waals surface area contributed by atoms with Crippen LogP contribution < -0.4 is 5.32 Å². The molecule has 1 heterocycles. The number of benzene rings is 1. The Hall–Kier alpha value is -2.11. The summed E-state index contributed by atoms with van der Waals surface area (Å²) in [4.78, 5) is 3.73. The van der Waals surface area contributed by atoms with Gasteiger partial charge in [0.1, 0.15) is 5.82 Å². The highest BCUT2D eigenvalue weighted by atomic mass is 19.4. The van der Waals surface area contributed by atoms with Gasteiger partial charge in [-0.1, -0.05) is 6.07 Å². The van der Waals surface area contributed by atoms with E-state index in [1.165, 1.54) is 18.3 Å². The Balaban J connectivity index is 2.26. The SMILES string of the molecule is Cc1ccc(C(F)(F)F)cc1NC(C)c1cncc(F)c1. The van der Waals surface area contributed by atoms with Crippen molar-refractivity contribution in [2.24, 2.45) is 0 Å². The Kier molecular flexibility index (Phi) is 4.16. The van der Waals surface area contributed by atoms with Crippen LogP contribution in [-0.2, 0) is 6.18 Å². The Morgan fingerprint density at radius 1 is 1.14 bits per heavy atom. The van der Waals surface area contributed by atoms with E-state index in [9.17, 15) is 17.6 Å². The van der Waals surface area contributed by atoms with E-state index < -0.39 is 17.6 Å². The summed E-state index contributed by atoms with van der Waals surface area (Å²) in [5.74, 6) is -0.484. The standard InChI is InChI=1S/C15H14F4N2/c1-9-3-4-12(15(17,18)19)6-14(9)21-10(2)11-5-13(16)8-20-7-11/h3-8,10,21H,1-2H3. The van der Waals surface area contributed by atoms with Crippen LogP contribution in [0.2, 0.25) is 0 Å². The minimum Gasteiger partial charge on any atom is -0.378 e. The van der Waals surface area contributed by atoms with Crippen molar-refractivity contribution in [2.45, 2.75) is 26.1 Å². The molecule has 0 saturated heterocycles. The van der Waals surface area contributed by atoms with Gasteiger partial charge in [-0.15, -0.1) is 0 Å². The van der Waals surface area contributed by atoms with Gasteiger partial charge in [0.2, 0.25) is 0 Å². The van der Waals surface area contributed by atoms with Gasteiger partial charge in [0.25, 0.3) is 0 Å². The minimum atomic E-state index is -4.40. The number of hydrogen-bond donors (Lipinski definition) is 1. The maximum atomic E-state index is 13.1. The van der Waals surface area contributed by atoms with E-state index in [0.29, 0.717) is 16.8 Å². The smallest absolute Gasteiger partial charge is 0.378 e. The van der Waals surface area contributed by atoms with Crippen molar-refractivity contribution in [3.63, 3.8) is 0 Å². The van der Waals surface area contributed by atoms with Gasteiger partial charge in [-0.05, 0) is 43.2 Å². The van der Waals surface area contributed by atoms with Crippen molar-refractivity contribution >= 4 is 5.69 Å². The molecule has 112 valence electrons. The fraction of sp³-hybridized carbons (Fsp3) is 0.267. The molecule has 0 aliphatic carbocycles. The van der Waals surface area contributed by atoms with Crippen LogP contribution in [0.15, 0.2) is 36.7 Å². The largest absolute Gasteiger partial charge is 0.416 e. The van der Waals surface area contributed by atoms with Crippen molar-refractivity contribution in [1.82, 2.24) is 4.98 Å². The normalized spacial score (nSPS) is 13.0. The lowest BCUT2D eigenvalue weighted by Crippen LogP contribution is -2.11. The Labute approximate surface area is 119 Å². The molecule has 0 amide bonds. The minimum absolute atomic E-state index is 0.363. The van der Waals surface area contributed by atoms with E-state index in [1.54, 1.807) is 13.8 Å². The van der Waals surface area contributed by atoms with Gasteiger partial charge < -0.3 is 5.32 Å². The van der Waals surface area contributed by atoms with Crippen LogP contribution in [0.5, 0.6) is 0 Å². The van der Waals surface area contributed by atoms with Crippen LogP contribution in [0, 0.1) is 12.7 Å². The number of pyridine rings is 1. The number of nitrogens with one attached hydrogen (secondary N) is 1. The van der Waals surface area contributed by atoms with Gasteiger partial charge in [-0.2, -0.15) is 13.2 Å². The molecule has 6 heteroatoms. The molecule has 2 rings (SSSR count). The molecular weight excluding hydrogens is 284 g/mol. The summed E-state index contributed by atoms with van der Waals surface area (Å²) >= 11 is 0. The molecule has 1 N–H and O–H groups in total. The predicted octanol–water partition coefficient (Wildman–Crippen LogP) is 4.72. The lowest BCUT2D eigenvalue weighted by atomic mass is 10.1. The second-order valence-corrected chi connectivity index (χ2v) is 4.83. The first kappa shape index (κ1) is 15.3. The quantitative estimate of drug-likeness (QED) is 0.829. The van der Waals surface area contributed by atoms with Crippen LogP contribution in [0.4, 0.5) is 23.2 Å². The molecular formula is C15H14F4N2. The van der Waals surface area contributed by atoms with Gasteiger partial charge in [0, 0.05) is 11.9 Å². The number of rotatable bonds is 3. The zero-order valence-corrected chi connectivity index (χ0v) is 11.5. The van der Waals surface area contributed by atoms with Gasteiger partial charge in [0.15, 0.2) is 0 Å². The lowest BCUT2D eigenvalue weighted by molar-refractivity contribution is -0.137. The number of halogens is 4. The number of aromatic nitrogens is 1. The molecule has 21 heavy (non-hydrogen) atoms. The van der Waals surface area contributed by atoms with Crippen LogP contribution in [0.3, 0.4) is 0 Å². The second kappa shape index (κ2) is 5.71. The molecule has 1 atom stereocenters. The third-order valence-corrected chi connectivity index (χ3v) is 3.16. The molecule has 2 nitrogen and oxygen atoms in total. The van der Waals surface area contributed by atoms with Crippen LogP contribution in [0.25, 0.3) is 0 Å². The van der Waals surface area contributed by atoms with Crippen molar-refractivity contribution < 1.29 is 17.6 Å². The average molecular weight is 298 g/mol. The fourth-order valence-electron chi connectivity index (χ4n) is 1.94. The van der Waals surface area contributed by atoms with E-state index in [0.717, 1.165) is 18.3 Å². The van der Waals surface area contributed by atoms with Gasteiger partial charge in [-0.3, -0.25) is 4.98 Å². The molecule has 0 aliphatic rings. The molecule has 1 aromatic heterocycles. The van der Waals surface area contributed by atoms with Crippen LogP contribution in [-0.4, -0.2) is 4.98 Å².